The average Bonchev–Trinajstić information content (AvgIpc) is 2.87. The van der Waals surface area contributed by atoms with Gasteiger partial charge in [-0.1, -0.05) is 0 Å². The van der Waals surface area contributed by atoms with E-state index in [-0.39, 0.29) is 11.6 Å². The number of pyridine rings is 1. The number of halogens is 4. The third kappa shape index (κ3) is 3.28. The fraction of sp³-hybridized carbons (Fsp3) is 0.125. The molecular weight excluding hydrogens is 387 g/mol. The van der Waals surface area contributed by atoms with Crippen molar-refractivity contribution in [1.82, 2.24) is 14.8 Å². The van der Waals surface area contributed by atoms with Crippen molar-refractivity contribution in [3.63, 3.8) is 0 Å². The summed E-state index contributed by atoms with van der Waals surface area (Å²) in [4.78, 5) is 4.18. The first-order valence-corrected chi connectivity index (χ1v) is 7.63. The molecule has 0 atom stereocenters. The van der Waals surface area contributed by atoms with Crippen molar-refractivity contribution < 1.29 is 17.9 Å². The Morgan fingerprint density at radius 3 is 2.42 bits per heavy atom. The van der Waals surface area contributed by atoms with Crippen molar-refractivity contribution in [2.75, 3.05) is 0 Å². The normalized spacial score (nSPS) is 11.5. The monoisotopic (exact) mass is 397 g/mol. The van der Waals surface area contributed by atoms with Crippen molar-refractivity contribution >= 4 is 15.9 Å². The van der Waals surface area contributed by atoms with Crippen LogP contribution in [0.4, 0.5) is 13.2 Å². The van der Waals surface area contributed by atoms with Gasteiger partial charge >= 0.3 is 6.18 Å². The highest BCUT2D eigenvalue weighted by molar-refractivity contribution is 9.10. The molecule has 2 aromatic heterocycles. The van der Waals surface area contributed by atoms with E-state index in [0.29, 0.717) is 5.56 Å². The zero-order valence-corrected chi connectivity index (χ0v) is 14.0. The molecule has 0 aliphatic heterocycles. The molecule has 0 amide bonds. The van der Waals surface area contributed by atoms with Crippen LogP contribution in [0.15, 0.2) is 53.3 Å². The lowest BCUT2D eigenvalue weighted by Gasteiger charge is -2.12. The Bertz CT molecular complexity index is 840. The molecule has 0 saturated heterocycles. The van der Waals surface area contributed by atoms with Gasteiger partial charge in [0.15, 0.2) is 0 Å². The molecule has 1 aromatic carbocycles. The van der Waals surface area contributed by atoms with Gasteiger partial charge in [0.2, 0.25) is 5.88 Å². The molecule has 0 saturated carbocycles. The molecule has 0 N–H and O–H groups in total. The fourth-order valence-corrected chi connectivity index (χ4v) is 2.75. The lowest BCUT2D eigenvalue weighted by molar-refractivity contribution is -0.137. The number of alkyl halides is 3. The second kappa shape index (κ2) is 6.27. The molecule has 4 nitrogen and oxygen atoms in total. The molecule has 124 valence electrons. The lowest BCUT2D eigenvalue weighted by atomic mass is 10.2. The van der Waals surface area contributed by atoms with Crippen LogP contribution in [0.3, 0.4) is 0 Å². The quantitative estimate of drug-likeness (QED) is 0.620. The SMILES string of the molecule is Cn1ncc(Br)c1-c1cccnc1Oc1ccc(C(F)(F)F)cc1. The van der Waals surface area contributed by atoms with E-state index in [0.717, 1.165) is 22.3 Å². The molecule has 0 spiro atoms. The van der Waals surface area contributed by atoms with Gasteiger partial charge in [-0.3, -0.25) is 4.68 Å². The summed E-state index contributed by atoms with van der Waals surface area (Å²) >= 11 is 3.41. The van der Waals surface area contributed by atoms with Crippen LogP contribution in [0.1, 0.15) is 5.56 Å². The summed E-state index contributed by atoms with van der Waals surface area (Å²) in [5.41, 5.74) is 0.694. The Hall–Kier alpha value is -2.35. The zero-order valence-electron chi connectivity index (χ0n) is 12.4. The summed E-state index contributed by atoms with van der Waals surface area (Å²) in [5, 5.41) is 4.14. The van der Waals surface area contributed by atoms with Gasteiger partial charge in [0, 0.05) is 13.2 Å². The molecule has 24 heavy (non-hydrogen) atoms. The van der Waals surface area contributed by atoms with Crippen LogP contribution < -0.4 is 4.74 Å². The first-order valence-electron chi connectivity index (χ1n) is 6.84. The Balaban J connectivity index is 1.94. The summed E-state index contributed by atoms with van der Waals surface area (Å²) in [7, 11) is 1.77. The van der Waals surface area contributed by atoms with Crippen molar-refractivity contribution in [1.29, 1.82) is 0 Å². The number of aryl methyl sites for hydroxylation is 1. The van der Waals surface area contributed by atoms with E-state index >= 15 is 0 Å². The fourth-order valence-electron chi connectivity index (χ4n) is 2.19. The van der Waals surface area contributed by atoms with E-state index in [1.807, 2.05) is 0 Å². The number of hydrogen-bond acceptors (Lipinski definition) is 3. The predicted octanol–water partition coefficient (Wildman–Crippen LogP) is 5.06. The van der Waals surface area contributed by atoms with Gasteiger partial charge in [0.25, 0.3) is 0 Å². The highest BCUT2D eigenvalue weighted by Gasteiger charge is 2.30. The molecule has 2 heterocycles. The molecule has 0 aliphatic rings. The van der Waals surface area contributed by atoms with Gasteiger partial charge in [-0.25, -0.2) is 4.98 Å². The van der Waals surface area contributed by atoms with Crippen LogP contribution in [-0.2, 0) is 13.2 Å². The van der Waals surface area contributed by atoms with E-state index in [2.05, 4.69) is 26.0 Å². The van der Waals surface area contributed by atoms with Crippen molar-refractivity contribution in [3.05, 3.63) is 58.8 Å². The van der Waals surface area contributed by atoms with Crippen LogP contribution in [0.5, 0.6) is 11.6 Å². The van der Waals surface area contributed by atoms with E-state index < -0.39 is 11.7 Å². The van der Waals surface area contributed by atoms with E-state index in [9.17, 15) is 13.2 Å². The van der Waals surface area contributed by atoms with Gasteiger partial charge in [0.05, 0.1) is 27.5 Å². The van der Waals surface area contributed by atoms with Gasteiger partial charge in [-0.15, -0.1) is 0 Å². The number of rotatable bonds is 3. The summed E-state index contributed by atoms with van der Waals surface area (Å²) in [5.74, 6) is 0.544. The molecule has 0 fully saturated rings. The second-order valence-corrected chi connectivity index (χ2v) is 5.80. The van der Waals surface area contributed by atoms with E-state index in [4.69, 9.17) is 4.74 Å². The summed E-state index contributed by atoms with van der Waals surface area (Å²) < 4.78 is 45.9. The van der Waals surface area contributed by atoms with E-state index in [1.54, 1.807) is 36.3 Å². The number of aromatic nitrogens is 3. The summed E-state index contributed by atoms with van der Waals surface area (Å²) in [6, 6.07) is 8.01. The molecular formula is C16H11BrF3N3O. The minimum absolute atomic E-state index is 0.265. The molecule has 8 heteroatoms. The summed E-state index contributed by atoms with van der Waals surface area (Å²) in [6.45, 7) is 0. The molecule has 3 aromatic rings. The maximum absolute atomic E-state index is 12.6. The van der Waals surface area contributed by atoms with Crippen LogP contribution in [0.25, 0.3) is 11.3 Å². The molecule has 0 unspecified atom stereocenters. The number of benzene rings is 1. The third-order valence-corrected chi connectivity index (χ3v) is 3.90. The smallest absolute Gasteiger partial charge is 0.416 e. The Morgan fingerprint density at radius 1 is 1.12 bits per heavy atom. The first kappa shape index (κ1) is 16.5. The topological polar surface area (TPSA) is 39.9 Å². The summed E-state index contributed by atoms with van der Waals surface area (Å²) in [6.07, 6.45) is -1.19. The number of hydrogen-bond donors (Lipinski definition) is 0. The van der Waals surface area contributed by atoms with Crippen LogP contribution >= 0.6 is 15.9 Å². The van der Waals surface area contributed by atoms with Crippen LogP contribution in [0.2, 0.25) is 0 Å². The molecule has 3 rings (SSSR count). The average molecular weight is 398 g/mol. The number of ether oxygens (including phenoxy) is 1. The largest absolute Gasteiger partial charge is 0.438 e. The minimum Gasteiger partial charge on any atom is -0.438 e. The molecule has 0 radical (unpaired) electrons. The van der Waals surface area contributed by atoms with E-state index in [1.165, 1.54) is 12.1 Å². The van der Waals surface area contributed by atoms with Crippen molar-refractivity contribution in [3.8, 4) is 22.9 Å². The highest BCUT2D eigenvalue weighted by Crippen LogP contribution is 2.36. The Kier molecular flexibility index (Phi) is 4.31. The van der Waals surface area contributed by atoms with Crippen molar-refractivity contribution in [2.24, 2.45) is 7.05 Å². The highest BCUT2D eigenvalue weighted by atomic mass is 79.9. The van der Waals surface area contributed by atoms with Gasteiger partial charge < -0.3 is 4.74 Å². The second-order valence-electron chi connectivity index (χ2n) is 4.95. The van der Waals surface area contributed by atoms with Gasteiger partial charge in [-0.2, -0.15) is 18.3 Å². The minimum atomic E-state index is -4.38. The third-order valence-electron chi connectivity index (χ3n) is 3.32. The van der Waals surface area contributed by atoms with Crippen LogP contribution in [-0.4, -0.2) is 14.8 Å². The lowest BCUT2D eigenvalue weighted by Crippen LogP contribution is -2.04. The predicted molar refractivity (Wildman–Crippen MR) is 85.7 cm³/mol. The number of nitrogens with zero attached hydrogens (tertiary/aromatic N) is 3. The van der Waals surface area contributed by atoms with Crippen molar-refractivity contribution in [2.45, 2.75) is 6.18 Å². The Morgan fingerprint density at radius 2 is 1.83 bits per heavy atom. The van der Waals surface area contributed by atoms with Gasteiger partial charge in [-0.05, 0) is 52.3 Å². The standard InChI is InChI=1S/C16H11BrF3N3O/c1-23-14(13(17)9-22-23)12-3-2-8-21-15(12)24-11-6-4-10(5-7-11)16(18,19)20/h2-9H,1H3. The van der Waals surface area contributed by atoms with Crippen LogP contribution in [0, 0.1) is 0 Å². The maximum Gasteiger partial charge on any atom is 0.416 e. The Labute approximate surface area is 144 Å². The maximum atomic E-state index is 12.6. The molecule has 0 bridgehead atoms. The molecule has 0 aliphatic carbocycles. The zero-order chi connectivity index (χ0) is 17.3. The first-order chi connectivity index (χ1) is 11.4. The van der Waals surface area contributed by atoms with Gasteiger partial charge in [0.1, 0.15) is 5.75 Å².